The maximum absolute atomic E-state index is 12.8. The van der Waals surface area contributed by atoms with Crippen LogP contribution in [0.25, 0.3) is 22.4 Å². The average Bonchev–Trinajstić information content (AvgIpc) is 2.99. The first-order valence-electron chi connectivity index (χ1n) is 12.8. The van der Waals surface area contributed by atoms with E-state index in [0.29, 0.717) is 54.9 Å². The second-order valence-electron chi connectivity index (χ2n) is 9.58. The van der Waals surface area contributed by atoms with Crippen molar-refractivity contribution in [3.8, 4) is 11.4 Å². The van der Waals surface area contributed by atoms with E-state index in [9.17, 15) is 9.59 Å². The zero-order valence-corrected chi connectivity index (χ0v) is 22.0. The lowest BCUT2D eigenvalue weighted by molar-refractivity contribution is 0.0594. The molecule has 0 saturated carbocycles. The SMILES string of the molecule is COC(=O)c1ccc(-c2ncc3c(n2)CCCN3c2nc(N3CCOCC3)nc3c2cc(C)c(=O)n3C)cn1. The summed E-state index contributed by atoms with van der Waals surface area (Å²) < 4.78 is 11.8. The number of nitrogens with zero attached hydrogens (tertiary/aromatic N) is 8. The third-order valence-corrected chi connectivity index (χ3v) is 7.11. The van der Waals surface area contributed by atoms with Crippen molar-refractivity contribution in [2.75, 3.05) is 49.8 Å². The minimum Gasteiger partial charge on any atom is -0.464 e. The Morgan fingerprint density at radius 2 is 1.87 bits per heavy atom. The molecule has 200 valence electrons. The maximum Gasteiger partial charge on any atom is 0.356 e. The molecule has 0 spiro atoms. The predicted molar refractivity (Wildman–Crippen MR) is 144 cm³/mol. The van der Waals surface area contributed by atoms with Crippen molar-refractivity contribution in [2.45, 2.75) is 19.8 Å². The standard InChI is InChI=1S/C27H28N8O4/c1-16-13-18-23(33(2)25(16)36)31-27(34-9-11-39-12-10-34)32-24(18)35-8-4-5-19-21(35)15-29-22(30-19)17-6-7-20(28-14-17)26(37)38-3/h6-7,13-15H,4-5,8-12H2,1-3H3. The Hall–Kier alpha value is -4.45. The molecule has 1 fully saturated rings. The molecule has 0 aromatic carbocycles. The first-order valence-corrected chi connectivity index (χ1v) is 12.8. The Morgan fingerprint density at radius 1 is 1.05 bits per heavy atom. The van der Waals surface area contributed by atoms with E-state index in [4.69, 9.17) is 24.4 Å². The number of anilines is 3. The minimum atomic E-state index is -0.496. The summed E-state index contributed by atoms with van der Waals surface area (Å²) in [6.07, 6.45) is 5.03. The van der Waals surface area contributed by atoms with Gasteiger partial charge in [-0.15, -0.1) is 0 Å². The fourth-order valence-corrected chi connectivity index (χ4v) is 5.02. The molecular formula is C27H28N8O4. The highest BCUT2D eigenvalue weighted by Gasteiger charge is 2.27. The van der Waals surface area contributed by atoms with Crippen molar-refractivity contribution in [1.82, 2.24) is 29.5 Å². The Morgan fingerprint density at radius 3 is 2.62 bits per heavy atom. The Labute approximate surface area is 224 Å². The molecule has 4 aromatic heterocycles. The lowest BCUT2D eigenvalue weighted by atomic mass is 10.1. The van der Waals surface area contributed by atoms with Gasteiger partial charge in [0.1, 0.15) is 17.2 Å². The number of rotatable bonds is 4. The van der Waals surface area contributed by atoms with Crippen molar-refractivity contribution < 1.29 is 14.3 Å². The second-order valence-corrected chi connectivity index (χ2v) is 9.58. The summed E-state index contributed by atoms with van der Waals surface area (Å²) in [6.45, 7) is 5.08. The number of hydrogen-bond donors (Lipinski definition) is 0. The molecule has 2 aliphatic rings. The normalized spacial score (nSPS) is 15.4. The van der Waals surface area contributed by atoms with Crippen LogP contribution in [-0.4, -0.2) is 75.4 Å². The summed E-state index contributed by atoms with van der Waals surface area (Å²) in [4.78, 5) is 52.3. The van der Waals surface area contributed by atoms with Gasteiger partial charge in [0.05, 0.1) is 43.3 Å². The first-order chi connectivity index (χ1) is 18.9. The van der Waals surface area contributed by atoms with Crippen molar-refractivity contribution in [1.29, 1.82) is 0 Å². The van der Waals surface area contributed by atoms with Gasteiger partial charge in [-0.05, 0) is 38.0 Å². The van der Waals surface area contributed by atoms with E-state index in [2.05, 4.69) is 19.8 Å². The van der Waals surface area contributed by atoms with E-state index in [1.807, 2.05) is 12.3 Å². The molecule has 0 aliphatic carbocycles. The molecule has 6 rings (SSSR count). The number of carbonyl (C=O) groups excluding carboxylic acids is 1. The molecule has 39 heavy (non-hydrogen) atoms. The summed E-state index contributed by atoms with van der Waals surface area (Å²) in [5.74, 6) is 1.33. The van der Waals surface area contributed by atoms with Crippen LogP contribution in [-0.2, 0) is 22.9 Å². The molecule has 4 aromatic rings. The van der Waals surface area contributed by atoms with Gasteiger partial charge in [-0.2, -0.15) is 9.97 Å². The first kappa shape index (κ1) is 24.9. The number of carbonyl (C=O) groups is 1. The van der Waals surface area contributed by atoms with E-state index >= 15 is 0 Å². The lowest BCUT2D eigenvalue weighted by Gasteiger charge is -2.32. The van der Waals surface area contributed by atoms with Gasteiger partial charge in [0, 0.05) is 44.0 Å². The van der Waals surface area contributed by atoms with Crippen LogP contribution in [0.2, 0.25) is 0 Å². The van der Waals surface area contributed by atoms with E-state index in [-0.39, 0.29) is 11.3 Å². The van der Waals surface area contributed by atoms with E-state index in [1.165, 1.54) is 7.11 Å². The zero-order chi connectivity index (χ0) is 27.1. The van der Waals surface area contributed by atoms with Gasteiger partial charge in [0.15, 0.2) is 5.82 Å². The molecule has 1 saturated heterocycles. The summed E-state index contributed by atoms with van der Waals surface area (Å²) >= 11 is 0. The van der Waals surface area contributed by atoms with Gasteiger partial charge in [-0.3, -0.25) is 9.36 Å². The number of fused-ring (bicyclic) bond motifs is 2. The highest BCUT2D eigenvalue weighted by atomic mass is 16.5. The van der Waals surface area contributed by atoms with Gasteiger partial charge in [0.2, 0.25) is 5.95 Å². The zero-order valence-electron chi connectivity index (χ0n) is 22.0. The van der Waals surface area contributed by atoms with Crippen molar-refractivity contribution >= 4 is 34.5 Å². The Balaban J connectivity index is 1.45. The fourth-order valence-electron chi connectivity index (χ4n) is 5.02. The van der Waals surface area contributed by atoms with Crippen molar-refractivity contribution in [3.05, 3.63) is 57.9 Å². The van der Waals surface area contributed by atoms with Crippen LogP contribution in [0.15, 0.2) is 35.4 Å². The number of hydrogen-bond acceptors (Lipinski definition) is 11. The highest BCUT2D eigenvalue weighted by Crippen LogP contribution is 2.36. The molecule has 0 unspecified atom stereocenters. The topological polar surface area (TPSA) is 128 Å². The van der Waals surface area contributed by atoms with Crippen LogP contribution >= 0.6 is 0 Å². The van der Waals surface area contributed by atoms with Crippen LogP contribution in [0.3, 0.4) is 0 Å². The van der Waals surface area contributed by atoms with Crippen LogP contribution in [0.4, 0.5) is 17.5 Å². The molecule has 0 N–H and O–H groups in total. The number of methoxy groups -OCH3 is 1. The number of ether oxygens (including phenoxy) is 2. The average molecular weight is 529 g/mol. The molecule has 0 amide bonds. The van der Waals surface area contributed by atoms with Crippen LogP contribution in [0, 0.1) is 6.92 Å². The molecule has 2 aliphatic heterocycles. The quantitative estimate of drug-likeness (QED) is 0.362. The molecule has 12 heteroatoms. The number of morpholine rings is 1. The molecule has 0 bridgehead atoms. The number of aryl methyl sites for hydroxylation is 3. The molecule has 12 nitrogen and oxygen atoms in total. The summed E-state index contributed by atoms with van der Waals surface area (Å²) in [7, 11) is 3.07. The Kier molecular flexibility index (Phi) is 6.39. The predicted octanol–water partition coefficient (Wildman–Crippen LogP) is 2.20. The van der Waals surface area contributed by atoms with Gasteiger partial charge < -0.3 is 19.3 Å². The second kappa shape index (κ2) is 10.0. The van der Waals surface area contributed by atoms with Crippen molar-refractivity contribution in [2.24, 2.45) is 7.05 Å². The maximum atomic E-state index is 12.8. The molecule has 0 radical (unpaired) electrons. The summed E-state index contributed by atoms with van der Waals surface area (Å²) in [5, 5.41) is 0.797. The van der Waals surface area contributed by atoms with Crippen LogP contribution in [0.5, 0.6) is 0 Å². The summed E-state index contributed by atoms with van der Waals surface area (Å²) in [6, 6.07) is 5.23. The summed E-state index contributed by atoms with van der Waals surface area (Å²) in [5.41, 5.74) is 3.81. The minimum absolute atomic E-state index is 0.0843. The third-order valence-electron chi connectivity index (χ3n) is 7.11. The monoisotopic (exact) mass is 528 g/mol. The largest absolute Gasteiger partial charge is 0.464 e. The van der Waals surface area contributed by atoms with Gasteiger partial charge in [-0.1, -0.05) is 0 Å². The lowest BCUT2D eigenvalue weighted by Crippen LogP contribution is -2.38. The van der Waals surface area contributed by atoms with Crippen LogP contribution in [0.1, 0.15) is 28.2 Å². The van der Waals surface area contributed by atoms with Gasteiger partial charge in [-0.25, -0.2) is 19.7 Å². The van der Waals surface area contributed by atoms with E-state index < -0.39 is 5.97 Å². The van der Waals surface area contributed by atoms with Gasteiger partial charge >= 0.3 is 5.97 Å². The van der Waals surface area contributed by atoms with Crippen molar-refractivity contribution in [3.63, 3.8) is 0 Å². The number of pyridine rings is 2. The highest BCUT2D eigenvalue weighted by molar-refractivity contribution is 5.91. The van der Waals surface area contributed by atoms with E-state index in [1.54, 1.807) is 36.9 Å². The van der Waals surface area contributed by atoms with Crippen LogP contribution < -0.4 is 15.4 Å². The smallest absolute Gasteiger partial charge is 0.356 e. The molecular weight excluding hydrogens is 500 g/mol. The number of aromatic nitrogens is 6. The number of esters is 1. The third kappa shape index (κ3) is 4.46. The fraction of sp³-hybridized carbons (Fsp3) is 0.370. The molecule has 0 atom stereocenters. The van der Waals surface area contributed by atoms with E-state index in [0.717, 1.165) is 42.0 Å². The molecule has 6 heterocycles. The Bertz CT molecular complexity index is 1630. The van der Waals surface area contributed by atoms with Gasteiger partial charge in [0.25, 0.3) is 5.56 Å².